The molecule has 0 radical (unpaired) electrons. The molecule has 4 atom stereocenters. The molecule has 2 aromatic carbocycles. The van der Waals surface area contributed by atoms with Crippen LogP contribution in [0.15, 0.2) is 54.7 Å². The molecular weight excluding hydrogens is 751 g/mol. The lowest BCUT2D eigenvalue weighted by molar-refractivity contribution is -0.155. The average molecular weight is 806 g/mol. The molecule has 312 valence electrons. The van der Waals surface area contributed by atoms with Gasteiger partial charge in [-0.1, -0.05) is 26.0 Å². The van der Waals surface area contributed by atoms with Crippen LogP contribution in [0, 0.1) is 22.2 Å². The van der Waals surface area contributed by atoms with Crippen molar-refractivity contribution in [1.29, 1.82) is 5.26 Å². The van der Waals surface area contributed by atoms with Crippen molar-refractivity contribution in [2.75, 3.05) is 20.3 Å². The maximum atomic E-state index is 14.4. The van der Waals surface area contributed by atoms with Crippen molar-refractivity contribution in [3.63, 3.8) is 0 Å². The van der Waals surface area contributed by atoms with Gasteiger partial charge in [-0.05, 0) is 106 Å². The summed E-state index contributed by atoms with van der Waals surface area (Å²) in [5, 5.41) is 28.8. The molecule has 0 aliphatic carbocycles. The fraction of sp³-hybridized carbons (Fsp3) is 0.467. The van der Waals surface area contributed by atoms with Crippen LogP contribution in [0.2, 0.25) is 0 Å². The molecule has 59 heavy (non-hydrogen) atoms. The molecule has 1 fully saturated rings. The lowest BCUT2D eigenvalue weighted by atomic mass is 9.84. The fourth-order valence-electron chi connectivity index (χ4n) is 8.16. The first kappa shape index (κ1) is 42.8. The number of carbonyl (C=O) groups is 4. The third-order valence-electron chi connectivity index (χ3n) is 11.3. The number of ether oxygens (including phenoxy) is 2. The van der Waals surface area contributed by atoms with E-state index in [4.69, 9.17) is 14.5 Å². The van der Waals surface area contributed by atoms with Crippen LogP contribution in [0.1, 0.15) is 84.2 Å². The van der Waals surface area contributed by atoms with Crippen molar-refractivity contribution in [2.45, 2.75) is 105 Å². The molecule has 4 aromatic rings. The number of carbonyl (C=O) groups excluding carboxylic acids is 4. The minimum atomic E-state index is -1.33. The van der Waals surface area contributed by atoms with Crippen molar-refractivity contribution < 1.29 is 33.8 Å². The number of nitriles is 1. The van der Waals surface area contributed by atoms with Gasteiger partial charge in [0.2, 0.25) is 11.8 Å². The number of fused-ring (bicyclic) bond motifs is 6. The number of phenols is 1. The van der Waals surface area contributed by atoms with Crippen molar-refractivity contribution in [1.82, 2.24) is 30.6 Å². The van der Waals surface area contributed by atoms with Gasteiger partial charge in [-0.3, -0.25) is 29.2 Å². The van der Waals surface area contributed by atoms with E-state index < -0.39 is 52.6 Å². The Morgan fingerprint density at radius 2 is 1.93 bits per heavy atom. The second kappa shape index (κ2) is 17.2. The van der Waals surface area contributed by atoms with E-state index in [2.05, 4.69) is 65.7 Å². The highest BCUT2D eigenvalue weighted by atomic mass is 16.5. The van der Waals surface area contributed by atoms with Crippen LogP contribution in [0.25, 0.3) is 33.3 Å². The maximum absolute atomic E-state index is 14.4. The van der Waals surface area contributed by atoms with Crippen LogP contribution in [-0.4, -0.2) is 81.7 Å². The van der Waals surface area contributed by atoms with E-state index in [9.17, 15) is 29.5 Å². The average Bonchev–Trinajstić information content (AvgIpc) is 3.51. The molecule has 2 aliphatic rings. The molecule has 4 N–H and O–H groups in total. The Morgan fingerprint density at radius 1 is 1.17 bits per heavy atom. The molecule has 0 saturated carbocycles. The fourth-order valence-corrected chi connectivity index (χ4v) is 8.16. The number of aromatic nitrogens is 2. The lowest BCUT2D eigenvalue weighted by Crippen LogP contribution is -2.62. The number of nitrogens with zero attached hydrogens (tertiary/aromatic N) is 4. The SMILES string of the molecule is CCn1c(-c2cccnc2[C@H](C)OC)c2c3cc(ccc31)-c1cc(O)cc(c1)C[C@H](NC(=O)[C@@H](NC(C)=O)C(C)(C)C#N)C(=O)N1CCC[C@H](N1)C(=O)OCC(C)(C)C2. The summed E-state index contributed by atoms with van der Waals surface area (Å²) in [6, 6.07) is 14.0. The summed E-state index contributed by atoms with van der Waals surface area (Å²) in [6.07, 6.45) is 2.88. The van der Waals surface area contributed by atoms with Crippen LogP contribution >= 0.6 is 0 Å². The van der Waals surface area contributed by atoms with Crippen molar-refractivity contribution >= 4 is 34.6 Å². The zero-order valence-electron chi connectivity index (χ0n) is 35.1. The topological polar surface area (TPSA) is 188 Å². The lowest BCUT2D eigenvalue weighted by Gasteiger charge is -2.36. The number of benzene rings is 2. The van der Waals surface area contributed by atoms with E-state index in [0.29, 0.717) is 36.9 Å². The largest absolute Gasteiger partial charge is 0.508 e. The number of pyridine rings is 1. The Kier molecular flexibility index (Phi) is 12.5. The Balaban J connectivity index is 1.53. The summed E-state index contributed by atoms with van der Waals surface area (Å²) in [5.41, 5.74) is 8.02. The molecule has 2 aromatic heterocycles. The van der Waals surface area contributed by atoms with E-state index >= 15 is 0 Å². The van der Waals surface area contributed by atoms with Gasteiger partial charge < -0.3 is 29.8 Å². The van der Waals surface area contributed by atoms with Gasteiger partial charge in [0, 0.05) is 61.6 Å². The number of aryl methyl sites for hydroxylation is 1. The van der Waals surface area contributed by atoms with Crippen molar-refractivity contribution in [3.05, 3.63) is 71.5 Å². The number of aromatic hydroxyl groups is 1. The quantitative estimate of drug-likeness (QED) is 0.166. The third-order valence-corrected chi connectivity index (χ3v) is 11.3. The van der Waals surface area contributed by atoms with E-state index in [1.54, 1.807) is 25.4 Å². The molecule has 4 heterocycles. The Hall–Kier alpha value is -5.78. The molecule has 0 unspecified atom stereocenters. The summed E-state index contributed by atoms with van der Waals surface area (Å²) in [4.78, 5) is 59.1. The predicted octanol–water partition coefficient (Wildman–Crippen LogP) is 5.51. The van der Waals surface area contributed by atoms with Gasteiger partial charge >= 0.3 is 5.97 Å². The van der Waals surface area contributed by atoms with E-state index in [1.165, 1.54) is 25.8 Å². The van der Waals surface area contributed by atoms with Crippen LogP contribution in [0.5, 0.6) is 5.75 Å². The second-order valence-electron chi connectivity index (χ2n) is 17.0. The van der Waals surface area contributed by atoms with Gasteiger partial charge in [0.15, 0.2) is 0 Å². The Morgan fingerprint density at radius 3 is 2.63 bits per heavy atom. The number of hydrogen-bond donors (Lipinski definition) is 4. The van der Waals surface area contributed by atoms with Gasteiger partial charge in [-0.25, -0.2) is 5.43 Å². The monoisotopic (exact) mass is 805 g/mol. The first-order valence-corrected chi connectivity index (χ1v) is 20.2. The zero-order valence-corrected chi connectivity index (χ0v) is 35.1. The summed E-state index contributed by atoms with van der Waals surface area (Å²) in [5.74, 6) is -2.31. The minimum absolute atomic E-state index is 0.0353. The smallest absolute Gasteiger partial charge is 0.324 e. The highest BCUT2D eigenvalue weighted by Crippen LogP contribution is 2.42. The molecule has 1 saturated heterocycles. The molecule has 14 heteroatoms. The second-order valence-corrected chi connectivity index (χ2v) is 17.0. The molecule has 3 amide bonds. The normalized spacial score (nSPS) is 19.5. The van der Waals surface area contributed by atoms with Gasteiger partial charge in [0.05, 0.1) is 35.6 Å². The van der Waals surface area contributed by atoms with Crippen molar-refractivity contribution in [3.8, 4) is 34.2 Å². The highest BCUT2D eigenvalue weighted by Gasteiger charge is 2.40. The predicted molar refractivity (Wildman–Crippen MR) is 222 cm³/mol. The molecule has 14 nitrogen and oxygen atoms in total. The number of hydrazine groups is 1. The van der Waals surface area contributed by atoms with Gasteiger partial charge in [0.25, 0.3) is 5.91 Å². The molecule has 6 bridgehead atoms. The van der Waals surface area contributed by atoms with E-state index in [-0.39, 0.29) is 31.4 Å². The van der Waals surface area contributed by atoms with Crippen LogP contribution in [-0.2, 0) is 48.0 Å². The summed E-state index contributed by atoms with van der Waals surface area (Å²) in [6.45, 7) is 13.5. The molecule has 0 spiro atoms. The number of nitrogens with one attached hydrogen (secondary N) is 3. The number of amides is 3. The van der Waals surface area contributed by atoms with E-state index in [1.807, 2.05) is 25.1 Å². The number of esters is 1. The standard InChI is InChI=1S/C45H55N7O7/c1-9-51-37-15-14-29-22-33(37)34(39(51)32-12-10-16-47-38(32)26(2)58-8)23-44(4,5)25-59-43(57)35-13-11-17-52(50-35)42(56)36(20-28-18-30(29)21-31(54)19-28)49-41(55)40(48-27(3)53)45(6,7)24-46/h10,12,14-16,18-19,21-22,26,35-36,40,50,54H,9,11,13,17,20,23,25H2,1-8H3,(H,48,53)(H,49,55)/t26-,35-,36-,40+/m0/s1. The maximum Gasteiger partial charge on any atom is 0.324 e. The number of cyclic esters (lactones) is 1. The number of phenolic OH excluding ortho intramolecular Hbond substituents is 1. The summed E-state index contributed by atoms with van der Waals surface area (Å²) < 4.78 is 14.1. The molecule has 2 aliphatic heterocycles. The van der Waals surface area contributed by atoms with Crippen molar-refractivity contribution in [2.24, 2.45) is 10.8 Å². The third kappa shape index (κ3) is 9.11. The number of rotatable bonds is 8. The summed E-state index contributed by atoms with van der Waals surface area (Å²) in [7, 11) is 1.66. The molecule has 6 rings (SSSR count). The first-order chi connectivity index (χ1) is 28.0. The van der Waals surface area contributed by atoms with Crippen LogP contribution in [0.3, 0.4) is 0 Å². The van der Waals surface area contributed by atoms with E-state index in [0.717, 1.165) is 39.0 Å². The number of methoxy groups -OCH3 is 1. The Labute approximate surface area is 345 Å². The summed E-state index contributed by atoms with van der Waals surface area (Å²) >= 11 is 0. The van der Waals surface area contributed by atoms with Gasteiger partial charge in [0.1, 0.15) is 23.9 Å². The number of hydrogen-bond acceptors (Lipinski definition) is 10. The van der Waals surface area contributed by atoms with Gasteiger partial charge in [-0.2, -0.15) is 5.26 Å². The van der Waals surface area contributed by atoms with Gasteiger partial charge in [-0.15, -0.1) is 0 Å². The zero-order chi connectivity index (χ0) is 42.8. The highest BCUT2D eigenvalue weighted by molar-refractivity contribution is 5.96. The minimum Gasteiger partial charge on any atom is -0.508 e. The van der Waals surface area contributed by atoms with Crippen LogP contribution in [0.4, 0.5) is 0 Å². The first-order valence-electron chi connectivity index (χ1n) is 20.2. The Bertz CT molecular complexity index is 2310. The molecular formula is C45H55N7O7. The van der Waals surface area contributed by atoms with Crippen LogP contribution < -0.4 is 16.1 Å².